The van der Waals surface area contributed by atoms with Gasteiger partial charge < -0.3 is 4.57 Å². The van der Waals surface area contributed by atoms with Gasteiger partial charge >= 0.3 is 0 Å². The molecule has 0 fully saturated rings. The SMILES string of the molecule is CC1(C)c2ccccc2-c2ccc(C(c3ccc(-c4ccccc4)cc3)c3cccc(-c4ccc(-c5ccc6c(c5)c5ccccc5n6-c5ccccc5)cc4)c3)cc21. The number of fused-ring (bicyclic) bond motifs is 6. The van der Waals surface area contributed by atoms with E-state index in [4.69, 9.17) is 0 Å². The Kier molecular flexibility index (Phi) is 8.31. The third-order valence-corrected chi connectivity index (χ3v) is 12.8. The molecule has 0 N–H and O–H groups in total. The number of para-hydroxylation sites is 2. The van der Waals surface area contributed by atoms with Gasteiger partial charge in [0.2, 0.25) is 0 Å². The third kappa shape index (κ3) is 5.93. The molecule has 1 heterocycles. The van der Waals surface area contributed by atoms with Crippen molar-refractivity contribution in [1.29, 1.82) is 0 Å². The van der Waals surface area contributed by atoms with Crippen LogP contribution < -0.4 is 0 Å². The first-order valence-corrected chi connectivity index (χ1v) is 20.7. The molecule has 0 aliphatic heterocycles. The van der Waals surface area contributed by atoms with Crippen LogP contribution in [0.2, 0.25) is 0 Å². The Hall–Kier alpha value is -7.22. The number of benzene rings is 9. The maximum absolute atomic E-state index is 2.49. The largest absolute Gasteiger partial charge is 0.309 e. The summed E-state index contributed by atoms with van der Waals surface area (Å²) in [6.07, 6.45) is 0. The molecule has 0 spiro atoms. The van der Waals surface area contributed by atoms with Crippen molar-refractivity contribution in [1.82, 2.24) is 4.57 Å². The summed E-state index contributed by atoms with van der Waals surface area (Å²) in [7, 11) is 0. The molecule has 10 aromatic rings. The first-order valence-electron chi connectivity index (χ1n) is 20.7. The lowest BCUT2D eigenvalue weighted by Gasteiger charge is -2.25. The van der Waals surface area contributed by atoms with Gasteiger partial charge in [0.15, 0.2) is 0 Å². The molecule has 59 heavy (non-hydrogen) atoms. The molecule has 1 unspecified atom stereocenters. The maximum atomic E-state index is 2.49. The molecule has 0 radical (unpaired) electrons. The van der Waals surface area contributed by atoms with E-state index in [2.05, 4.69) is 237 Å². The topological polar surface area (TPSA) is 4.93 Å². The Morgan fingerprint density at radius 1 is 0.339 bits per heavy atom. The standard InChI is InChI=1S/C58H43N/c1-58(2)53-22-11-9-20-49(53)50-34-32-47(38-54(50)58)57(43-30-28-40(29-31-43)39-14-5-3-6-15-39)46-17-13-16-44(36-46)41-24-26-42(27-25-41)45-33-35-56-52(37-45)51-21-10-12-23-55(51)59(56)48-18-7-4-8-19-48/h3-38,57H,1-2H3. The van der Waals surface area contributed by atoms with Crippen LogP contribution in [0.1, 0.15) is 47.6 Å². The van der Waals surface area contributed by atoms with Gasteiger partial charge in [-0.2, -0.15) is 0 Å². The number of rotatable bonds is 7. The van der Waals surface area contributed by atoms with Gasteiger partial charge in [0, 0.05) is 27.8 Å². The van der Waals surface area contributed by atoms with Crippen LogP contribution in [-0.2, 0) is 5.41 Å². The number of hydrogen-bond acceptors (Lipinski definition) is 0. The highest BCUT2D eigenvalue weighted by Crippen LogP contribution is 2.50. The van der Waals surface area contributed by atoms with E-state index in [0.717, 1.165) is 0 Å². The van der Waals surface area contributed by atoms with Gasteiger partial charge in [-0.3, -0.25) is 0 Å². The summed E-state index contributed by atoms with van der Waals surface area (Å²) in [5, 5.41) is 2.53. The van der Waals surface area contributed by atoms with Crippen molar-refractivity contribution >= 4 is 21.8 Å². The van der Waals surface area contributed by atoms with Gasteiger partial charge in [0.25, 0.3) is 0 Å². The molecule has 11 rings (SSSR count). The molecule has 0 saturated carbocycles. The van der Waals surface area contributed by atoms with Crippen molar-refractivity contribution in [2.24, 2.45) is 0 Å². The normalized spacial score (nSPS) is 13.3. The van der Waals surface area contributed by atoms with E-state index in [-0.39, 0.29) is 11.3 Å². The van der Waals surface area contributed by atoms with E-state index in [1.165, 1.54) is 99.8 Å². The van der Waals surface area contributed by atoms with Crippen molar-refractivity contribution in [3.63, 3.8) is 0 Å². The predicted molar refractivity (Wildman–Crippen MR) is 248 cm³/mol. The fraction of sp³-hybridized carbons (Fsp3) is 0.0690. The first kappa shape index (κ1) is 35.0. The molecular weight excluding hydrogens is 711 g/mol. The second kappa shape index (κ2) is 14.0. The lowest BCUT2D eigenvalue weighted by Crippen LogP contribution is -2.15. The van der Waals surface area contributed by atoms with Crippen molar-refractivity contribution in [3.05, 3.63) is 246 Å². The molecule has 0 saturated heterocycles. The summed E-state index contributed by atoms with van der Waals surface area (Å²) in [4.78, 5) is 0. The Morgan fingerprint density at radius 3 is 1.64 bits per heavy atom. The minimum absolute atomic E-state index is 0.0635. The zero-order valence-electron chi connectivity index (χ0n) is 33.3. The molecule has 1 aliphatic rings. The van der Waals surface area contributed by atoms with Gasteiger partial charge in [0.1, 0.15) is 0 Å². The summed E-state index contributed by atoms with van der Waals surface area (Å²) in [5.41, 5.74) is 20.3. The van der Waals surface area contributed by atoms with E-state index < -0.39 is 0 Å². The summed E-state index contributed by atoms with van der Waals surface area (Å²) >= 11 is 0. The van der Waals surface area contributed by atoms with Gasteiger partial charge in [-0.1, -0.05) is 202 Å². The Morgan fingerprint density at radius 2 is 0.864 bits per heavy atom. The van der Waals surface area contributed by atoms with Crippen molar-refractivity contribution in [2.45, 2.75) is 25.2 Å². The first-order chi connectivity index (χ1) is 29.0. The van der Waals surface area contributed by atoms with Crippen LogP contribution in [-0.4, -0.2) is 4.57 Å². The quantitative estimate of drug-likeness (QED) is 0.143. The average Bonchev–Trinajstić information content (AvgIpc) is 3.75. The van der Waals surface area contributed by atoms with Crippen LogP contribution in [0.5, 0.6) is 0 Å². The molecule has 280 valence electrons. The highest BCUT2D eigenvalue weighted by Gasteiger charge is 2.36. The molecule has 9 aromatic carbocycles. The molecule has 1 aliphatic carbocycles. The smallest absolute Gasteiger partial charge is 0.0541 e. The van der Waals surface area contributed by atoms with Gasteiger partial charge in [-0.05, 0) is 103 Å². The van der Waals surface area contributed by atoms with Gasteiger partial charge in [0.05, 0.1) is 11.0 Å². The minimum atomic E-state index is -0.0727. The fourth-order valence-electron chi connectivity index (χ4n) is 9.74. The lowest BCUT2D eigenvalue weighted by atomic mass is 9.78. The fourth-order valence-corrected chi connectivity index (χ4v) is 9.74. The average molecular weight is 754 g/mol. The van der Waals surface area contributed by atoms with Crippen LogP contribution in [0.3, 0.4) is 0 Å². The lowest BCUT2D eigenvalue weighted by molar-refractivity contribution is 0.659. The van der Waals surface area contributed by atoms with Crippen LogP contribution in [0, 0.1) is 0 Å². The van der Waals surface area contributed by atoms with Crippen LogP contribution >= 0.6 is 0 Å². The summed E-state index contributed by atoms with van der Waals surface area (Å²) in [5.74, 6) is 0.0635. The van der Waals surface area contributed by atoms with Crippen molar-refractivity contribution in [2.75, 3.05) is 0 Å². The zero-order valence-corrected chi connectivity index (χ0v) is 33.3. The number of aromatic nitrogens is 1. The number of nitrogens with zero attached hydrogens (tertiary/aromatic N) is 1. The van der Waals surface area contributed by atoms with Crippen LogP contribution in [0.25, 0.3) is 72.0 Å². The molecule has 1 aromatic heterocycles. The Bertz CT molecular complexity index is 3150. The molecular formula is C58H43N. The summed E-state index contributed by atoms with van der Waals surface area (Å²) in [6, 6.07) is 80.6. The molecule has 0 bridgehead atoms. The molecule has 1 heteroatoms. The Labute approximate surface area is 346 Å². The van der Waals surface area contributed by atoms with E-state index in [9.17, 15) is 0 Å². The van der Waals surface area contributed by atoms with Crippen molar-refractivity contribution < 1.29 is 0 Å². The maximum Gasteiger partial charge on any atom is 0.0541 e. The second-order valence-electron chi connectivity index (χ2n) is 16.5. The summed E-state index contributed by atoms with van der Waals surface area (Å²) in [6.45, 7) is 4.74. The highest BCUT2D eigenvalue weighted by atomic mass is 15.0. The number of hydrogen-bond donors (Lipinski definition) is 0. The Balaban J connectivity index is 0.968. The van der Waals surface area contributed by atoms with Crippen molar-refractivity contribution in [3.8, 4) is 50.2 Å². The predicted octanol–water partition coefficient (Wildman–Crippen LogP) is 15.3. The van der Waals surface area contributed by atoms with Crippen LogP contribution in [0.15, 0.2) is 218 Å². The van der Waals surface area contributed by atoms with E-state index in [0.29, 0.717) is 0 Å². The third-order valence-electron chi connectivity index (χ3n) is 12.8. The molecule has 0 amide bonds. The van der Waals surface area contributed by atoms with Crippen LogP contribution in [0.4, 0.5) is 0 Å². The van der Waals surface area contributed by atoms with Gasteiger partial charge in [-0.15, -0.1) is 0 Å². The van der Waals surface area contributed by atoms with Gasteiger partial charge in [-0.25, -0.2) is 0 Å². The monoisotopic (exact) mass is 753 g/mol. The molecule has 1 nitrogen and oxygen atoms in total. The minimum Gasteiger partial charge on any atom is -0.309 e. The molecule has 1 atom stereocenters. The van der Waals surface area contributed by atoms with E-state index in [1.807, 2.05) is 0 Å². The van der Waals surface area contributed by atoms with E-state index >= 15 is 0 Å². The highest BCUT2D eigenvalue weighted by molar-refractivity contribution is 6.10. The second-order valence-corrected chi connectivity index (χ2v) is 16.5. The summed E-state index contributed by atoms with van der Waals surface area (Å²) < 4.78 is 2.37. The zero-order chi connectivity index (χ0) is 39.5. The van der Waals surface area contributed by atoms with E-state index in [1.54, 1.807) is 0 Å².